The number of benzene rings is 3. The van der Waals surface area contributed by atoms with Gasteiger partial charge in [0.25, 0.3) is 0 Å². The van der Waals surface area contributed by atoms with E-state index in [1.165, 1.54) is 32.2 Å². The Morgan fingerprint density at radius 1 is 1.04 bits per heavy atom. The fraction of sp³-hybridized carbons (Fsp3) is 0.0909. The van der Waals surface area contributed by atoms with E-state index in [9.17, 15) is 14.0 Å². The number of carbonyl (C=O) groups is 2. The Kier molecular flexibility index (Phi) is 5.76. The van der Waals surface area contributed by atoms with Gasteiger partial charge >= 0.3 is 0 Å². The third-order valence-corrected chi connectivity index (χ3v) is 4.44. The van der Waals surface area contributed by atoms with Gasteiger partial charge in [-0.2, -0.15) is 0 Å². The van der Waals surface area contributed by atoms with E-state index in [1.54, 1.807) is 36.4 Å². The Hall–Kier alpha value is -3.18. The molecule has 1 N–H and O–H groups in total. The Bertz CT molecular complexity index is 1030. The third-order valence-electron chi connectivity index (χ3n) is 4.16. The number of anilines is 1. The second kappa shape index (κ2) is 8.23. The number of rotatable bonds is 5. The molecule has 6 heteroatoms. The first-order valence-corrected chi connectivity index (χ1v) is 8.84. The molecule has 3 aromatic rings. The lowest BCUT2D eigenvalue weighted by Gasteiger charge is -2.16. The van der Waals surface area contributed by atoms with Crippen molar-refractivity contribution in [2.75, 3.05) is 12.4 Å². The summed E-state index contributed by atoms with van der Waals surface area (Å²) in [5.74, 6) is -1.27. The molecule has 28 heavy (non-hydrogen) atoms. The second-order valence-electron chi connectivity index (χ2n) is 6.08. The number of nitrogens with one attached hydrogen (secondary N) is 1. The highest BCUT2D eigenvalue weighted by molar-refractivity contribution is 6.32. The van der Waals surface area contributed by atoms with Crippen LogP contribution in [0.2, 0.25) is 5.02 Å². The minimum absolute atomic E-state index is 0.164. The summed E-state index contributed by atoms with van der Waals surface area (Å²) < 4.78 is 20.4. The zero-order valence-electron chi connectivity index (χ0n) is 15.3. The molecular weight excluding hydrogens is 381 g/mol. The summed E-state index contributed by atoms with van der Waals surface area (Å²) in [7, 11) is 1.44. The topological polar surface area (TPSA) is 55.4 Å². The number of carbonyl (C=O) groups excluding carboxylic acids is 2. The number of ketones is 1. The average Bonchev–Trinajstić information content (AvgIpc) is 2.69. The van der Waals surface area contributed by atoms with Crippen molar-refractivity contribution in [3.63, 3.8) is 0 Å². The number of amides is 1. The molecule has 0 aliphatic carbocycles. The van der Waals surface area contributed by atoms with Crippen LogP contribution in [0.1, 0.15) is 22.8 Å². The van der Waals surface area contributed by atoms with E-state index in [1.807, 2.05) is 6.07 Å². The predicted molar refractivity (Wildman–Crippen MR) is 108 cm³/mol. The maximum absolute atomic E-state index is 15.0. The van der Waals surface area contributed by atoms with Crippen molar-refractivity contribution < 1.29 is 18.7 Å². The summed E-state index contributed by atoms with van der Waals surface area (Å²) >= 11 is 6.02. The van der Waals surface area contributed by atoms with Gasteiger partial charge in [-0.25, -0.2) is 4.39 Å². The zero-order valence-corrected chi connectivity index (χ0v) is 16.0. The fourth-order valence-electron chi connectivity index (χ4n) is 2.92. The van der Waals surface area contributed by atoms with Crippen molar-refractivity contribution in [2.45, 2.75) is 6.92 Å². The molecule has 0 heterocycles. The van der Waals surface area contributed by atoms with Gasteiger partial charge in [-0.05, 0) is 29.8 Å². The highest BCUT2D eigenvalue weighted by Crippen LogP contribution is 2.39. The van der Waals surface area contributed by atoms with Gasteiger partial charge in [0.2, 0.25) is 5.91 Å². The number of ether oxygens (including phenoxy) is 1. The Labute approximate surface area is 166 Å². The normalized spacial score (nSPS) is 10.4. The lowest BCUT2D eigenvalue weighted by Crippen LogP contribution is -2.10. The SMILES string of the molecule is COc1cc(Cl)c(F)c(C(=O)c2ccc(NC(C)=O)cc2)c1-c1ccccc1. The van der Waals surface area contributed by atoms with Gasteiger partial charge in [0.1, 0.15) is 5.75 Å². The van der Waals surface area contributed by atoms with Crippen LogP contribution in [0.25, 0.3) is 11.1 Å². The highest BCUT2D eigenvalue weighted by Gasteiger charge is 2.25. The van der Waals surface area contributed by atoms with Gasteiger partial charge in [-0.15, -0.1) is 0 Å². The summed E-state index contributed by atoms with van der Waals surface area (Å²) in [4.78, 5) is 24.3. The molecule has 0 aromatic heterocycles. The fourth-order valence-corrected chi connectivity index (χ4v) is 3.11. The lowest BCUT2D eigenvalue weighted by molar-refractivity contribution is -0.114. The molecule has 0 saturated carbocycles. The lowest BCUT2D eigenvalue weighted by atomic mass is 9.92. The molecule has 0 radical (unpaired) electrons. The molecule has 0 saturated heterocycles. The molecule has 3 rings (SSSR count). The van der Waals surface area contributed by atoms with Gasteiger partial charge in [-0.1, -0.05) is 41.9 Å². The van der Waals surface area contributed by atoms with Crippen LogP contribution >= 0.6 is 11.6 Å². The van der Waals surface area contributed by atoms with Gasteiger partial charge in [-0.3, -0.25) is 9.59 Å². The molecule has 142 valence electrons. The van der Waals surface area contributed by atoms with E-state index in [-0.39, 0.29) is 22.1 Å². The molecule has 0 fully saturated rings. The predicted octanol–water partition coefficient (Wildman–Crippen LogP) is 5.34. The van der Waals surface area contributed by atoms with Crippen LogP contribution in [0, 0.1) is 5.82 Å². The van der Waals surface area contributed by atoms with E-state index in [0.717, 1.165) is 0 Å². The maximum Gasteiger partial charge on any atom is 0.221 e. The largest absolute Gasteiger partial charge is 0.496 e. The zero-order chi connectivity index (χ0) is 20.3. The summed E-state index contributed by atoms with van der Waals surface area (Å²) in [6.07, 6.45) is 0. The van der Waals surface area contributed by atoms with Gasteiger partial charge in [0.15, 0.2) is 11.6 Å². The first kappa shape index (κ1) is 19.6. The summed E-state index contributed by atoms with van der Waals surface area (Å²) in [5, 5.41) is 2.42. The molecule has 0 spiro atoms. The van der Waals surface area contributed by atoms with E-state index in [0.29, 0.717) is 22.6 Å². The van der Waals surface area contributed by atoms with Gasteiger partial charge < -0.3 is 10.1 Å². The Morgan fingerprint density at radius 3 is 2.25 bits per heavy atom. The number of methoxy groups -OCH3 is 1. The number of halogens is 2. The summed E-state index contributed by atoms with van der Waals surface area (Å²) in [6, 6.07) is 16.5. The van der Waals surface area contributed by atoms with E-state index >= 15 is 0 Å². The Morgan fingerprint density at radius 2 is 1.68 bits per heavy atom. The molecule has 0 atom stereocenters. The standard InChI is InChI=1S/C22H17ClFNO3/c1-13(26)25-16-10-8-15(9-11-16)22(27)20-19(14-6-4-3-5-7-14)18(28-2)12-17(23)21(20)24/h3-12H,1-2H3,(H,25,26). The van der Waals surface area contributed by atoms with Crippen molar-refractivity contribution in [3.05, 3.63) is 82.6 Å². The van der Waals surface area contributed by atoms with Crippen molar-refractivity contribution in [3.8, 4) is 16.9 Å². The smallest absolute Gasteiger partial charge is 0.221 e. The second-order valence-corrected chi connectivity index (χ2v) is 6.49. The van der Waals surface area contributed by atoms with Gasteiger partial charge in [0.05, 0.1) is 17.7 Å². The van der Waals surface area contributed by atoms with E-state index < -0.39 is 11.6 Å². The maximum atomic E-state index is 15.0. The highest BCUT2D eigenvalue weighted by atomic mass is 35.5. The van der Waals surface area contributed by atoms with Crippen LogP contribution in [0.3, 0.4) is 0 Å². The van der Waals surface area contributed by atoms with Crippen molar-refractivity contribution in [2.24, 2.45) is 0 Å². The van der Waals surface area contributed by atoms with Crippen LogP contribution in [0.15, 0.2) is 60.7 Å². The first-order chi connectivity index (χ1) is 13.4. The minimum atomic E-state index is -0.808. The van der Waals surface area contributed by atoms with Crippen LogP contribution < -0.4 is 10.1 Å². The molecule has 3 aromatic carbocycles. The monoisotopic (exact) mass is 397 g/mol. The van der Waals surface area contributed by atoms with Crippen LogP contribution in [-0.4, -0.2) is 18.8 Å². The Balaban J connectivity index is 2.16. The third kappa shape index (κ3) is 3.89. The van der Waals surface area contributed by atoms with E-state index in [4.69, 9.17) is 16.3 Å². The molecular formula is C22H17ClFNO3. The molecule has 0 unspecified atom stereocenters. The number of hydrogen-bond acceptors (Lipinski definition) is 3. The number of hydrogen-bond donors (Lipinski definition) is 1. The minimum Gasteiger partial charge on any atom is -0.496 e. The summed E-state index contributed by atoms with van der Waals surface area (Å²) in [5.41, 5.74) is 1.60. The van der Waals surface area contributed by atoms with E-state index in [2.05, 4.69) is 5.32 Å². The molecule has 0 aliphatic heterocycles. The van der Waals surface area contributed by atoms with Gasteiger partial charge in [0, 0.05) is 29.8 Å². The molecule has 0 aliphatic rings. The first-order valence-electron chi connectivity index (χ1n) is 8.46. The van der Waals surface area contributed by atoms with Crippen molar-refractivity contribution >= 4 is 29.0 Å². The average molecular weight is 398 g/mol. The quantitative estimate of drug-likeness (QED) is 0.591. The van der Waals surface area contributed by atoms with Crippen molar-refractivity contribution in [1.82, 2.24) is 0 Å². The molecule has 0 bridgehead atoms. The molecule has 4 nitrogen and oxygen atoms in total. The summed E-state index contributed by atoms with van der Waals surface area (Å²) in [6.45, 7) is 1.39. The van der Waals surface area contributed by atoms with Crippen LogP contribution in [0.5, 0.6) is 5.75 Å². The molecule has 1 amide bonds. The van der Waals surface area contributed by atoms with Crippen LogP contribution in [0.4, 0.5) is 10.1 Å². The van der Waals surface area contributed by atoms with Crippen LogP contribution in [-0.2, 0) is 4.79 Å². The van der Waals surface area contributed by atoms with Crippen molar-refractivity contribution in [1.29, 1.82) is 0 Å².